The lowest BCUT2D eigenvalue weighted by atomic mass is 10.2. The number of methoxy groups -OCH3 is 1. The van der Waals surface area contributed by atoms with E-state index in [1.165, 1.54) is 5.56 Å². The van der Waals surface area contributed by atoms with Crippen molar-refractivity contribution in [2.75, 3.05) is 38.2 Å². The van der Waals surface area contributed by atoms with Gasteiger partial charge in [-0.25, -0.2) is 4.79 Å². The van der Waals surface area contributed by atoms with Crippen LogP contribution in [-0.4, -0.2) is 49.9 Å². The number of ether oxygens (including phenoxy) is 2. The Morgan fingerprint density at radius 1 is 1.13 bits per heavy atom. The van der Waals surface area contributed by atoms with Crippen molar-refractivity contribution in [2.45, 2.75) is 39.7 Å². The lowest BCUT2D eigenvalue weighted by Crippen LogP contribution is -2.39. The summed E-state index contributed by atoms with van der Waals surface area (Å²) in [5.74, 6) is 0.885. The fraction of sp³-hybridized carbons (Fsp3) is 0.611. The minimum absolute atomic E-state index is 0.227. The van der Waals surface area contributed by atoms with Gasteiger partial charge in [0.25, 0.3) is 0 Å². The second-order valence-electron chi connectivity index (χ2n) is 6.98. The van der Waals surface area contributed by atoms with Crippen LogP contribution in [0.15, 0.2) is 18.2 Å². The van der Waals surface area contributed by atoms with Gasteiger partial charge in [-0.05, 0) is 51.8 Å². The first-order valence-electron chi connectivity index (χ1n) is 8.17. The number of carbonyl (C=O) groups excluding carboxylic acids is 1. The minimum Gasteiger partial charge on any atom is -0.495 e. The van der Waals surface area contributed by atoms with Crippen molar-refractivity contribution in [3.63, 3.8) is 0 Å². The Balaban J connectivity index is 2.05. The van der Waals surface area contributed by atoms with Crippen molar-refractivity contribution in [1.82, 2.24) is 4.90 Å². The van der Waals surface area contributed by atoms with Crippen molar-refractivity contribution >= 4 is 11.8 Å². The quantitative estimate of drug-likeness (QED) is 0.837. The summed E-state index contributed by atoms with van der Waals surface area (Å²) in [5, 5.41) is 0. The molecule has 0 spiro atoms. The second-order valence-corrected chi connectivity index (χ2v) is 6.98. The molecule has 128 valence electrons. The third-order valence-electron chi connectivity index (χ3n) is 3.82. The van der Waals surface area contributed by atoms with Crippen LogP contribution in [0.25, 0.3) is 0 Å². The van der Waals surface area contributed by atoms with Crippen LogP contribution in [0.5, 0.6) is 5.75 Å². The summed E-state index contributed by atoms with van der Waals surface area (Å²) >= 11 is 0. The molecule has 1 saturated heterocycles. The Bertz CT molecular complexity index is 552. The Labute approximate surface area is 139 Å². The molecule has 0 radical (unpaired) electrons. The van der Waals surface area contributed by atoms with Crippen LogP contribution in [0.1, 0.15) is 32.8 Å². The standard InChI is InChI=1S/C18H28N2O3/c1-14-7-8-15(16(13-14)22-5)19-9-6-10-20(12-11-19)17(21)23-18(2,3)4/h7-8,13H,6,9-12H2,1-5H3. The average molecular weight is 320 g/mol. The highest BCUT2D eigenvalue weighted by atomic mass is 16.6. The van der Waals surface area contributed by atoms with E-state index in [4.69, 9.17) is 9.47 Å². The first-order chi connectivity index (χ1) is 10.8. The average Bonchev–Trinajstić information content (AvgIpc) is 2.71. The molecule has 0 N–H and O–H groups in total. The molecule has 1 fully saturated rings. The van der Waals surface area contributed by atoms with E-state index in [9.17, 15) is 4.79 Å². The summed E-state index contributed by atoms with van der Waals surface area (Å²) in [6.45, 7) is 10.8. The molecule has 0 saturated carbocycles. The number of aryl methyl sites for hydroxylation is 1. The van der Waals surface area contributed by atoms with Crippen molar-refractivity contribution in [1.29, 1.82) is 0 Å². The largest absolute Gasteiger partial charge is 0.495 e. The van der Waals surface area contributed by atoms with Crippen LogP contribution in [0.2, 0.25) is 0 Å². The monoisotopic (exact) mass is 320 g/mol. The zero-order chi connectivity index (χ0) is 17.0. The Morgan fingerprint density at radius 2 is 1.87 bits per heavy atom. The highest BCUT2D eigenvalue weighted by Crippen LogP contribution is 2.30. The third kappa shape index (κ3) is 4.78. The molecule has 1 aliphatic rings. The van der Waals surface area contributed by atoms with Crippen molar-refractivity contribution < 1.29 is 14.3 Å². The highest BCUT2D eigenvalue weighted by Gasteiger charge is 2.25. The summed E-state index contributed by atoms with van der Waals surface area (Å²) in [6, 6.07) is 6.23. The summed E-state index contributed by atoms with van der Waals surface area (Å²) in [4.78, 5) is 16.3. The van der Waals surface area contributed by atoms with Crippen LogP contribution in [0, 0.1) is 6.92 Å². The van der Waals surface area contributed by atoms with Gasteiger partial charge in [-0.1, -0.05) is 6.07 Å². The van der Waals surface area contributed by atoms with E-state index in [2.05, 4.69) is 24.0 Å². The highest BCUT2D eigenvalue weighted by molar-refractivity contribution is 5.68. The van der Waals surface area contributed by atoms with Gasteiger partial charge >= 0.3 is 6.09 Å². The van der Waals surface area contributed by atoms with Crippen LogP contribution >= 0.6 is 0 Å². The number of anilines is 1. The van der Waals surface area contributed by atoms with Gasteiger partial charge in [0.1, 0.15) is 11.4 Å². The Morgan fingerprint density at radius 3 is 2.52 bits per heavy atom. The summed E-state index contributed by atoms with van der Waals surface area (Å²) < 4.78 is 11.0. The first-order valence-corrected chi connectivity index (χ1v) is 8.17. The molecule has 0 aromatic heterocycles. The maximum atomic E-state index is 12.2. The molecule has 1 amide bonds. The lowest BCUT2D eigenvalue weighted by Gasteiger charge is -2.27. The molecular weight excluding hydrogens is 292 g/mol. The van der Waals surface area contributed by atoms with Crippen molar-refractivity contribution in [2.24, 2.45) is 0 Å². The van der Waals surface area contributed by atoms with Crippen molar-refractivity contribution in [3.8, 4) is 5.75 Å². The Hall–Kier alpha value is -1.91. The van der Waals surface area contributed by atoms with Gasteiger partial charge in [0.15, 0.2) is 0 Å². The number of hydrogen-bond donors (Lipinski definition) is 0. The topological polar surface area (TPSA) is 42.0 Å². The molecule has 1 aliphatic heterocycles. The smallest absolute Gasteiger partial charge is 0.410 e. The molecule has 1 aromatic rings. The molecular formula is C18H28N2O3. The van der Waals surface area contributed by atoms with E-state index in [-0.39, 0.29) is 6.09 Å². The van der Waals surface area contributed by atoms with Crippen LogP contribution in [0.4, 0.5) is 10.5 Å². The first kappa shape index (κ1) is 17.4. The molecule has 23 heavy (non-hydrogen) atoms. The van der Waals surface area contributed by atoms with Crippen molar-refractivity contribution in [3.05, 3.63) is 23.8 Å². The van der Waals surface area contributed by atoms with E-state index in [0.717, 1.165) is 37.5 Å². The van der Waals surface area contributed by atoms with Gasteiger partial charge < -0.3 is 19.3 Å². The third-order valence-corrected chi connectivity index (χ3v) is 3.82. The molecule has 2 rings (SSSR count). The SMILES string of the molecule is COc1cc(C)ccc1N1CCCN(C(=O)OC(C)(C)C)CC1. The number of rotatable bonds is 2. The molecule has 5 heteroatoms. The maximum Gasteiger partial charge on any atom is 0.410 e. The molecule has 1 aromatic carbocycles. The van der Waals surface area contributed by atoms with Gasteiger partial charge in [-0.2, -0.15) is 0 Å². The fourth-order valence-corrected chi connectivity index (χ4v) is 2.71. The van der Waals surface area contributed by atoms with E-state index in [1.54, 1.807) is 12.0 Å². The van der Waals surface area contributed by atoms with E-state index < -0.39 is 5.60 Å². The Kier molecular flexibility index (Phi) is 5.39. The molecule has 1 heterocycles. The molecule has 0 atom stereocenters. The van der Waals surface area contributed by atoms with Gasteiger partial charge in [0, 0.05) is 26.2 Å². The van der Waals surface area contributed by atoms with E-state index in [1.807, 2.05) is 26.8 Å². The molecule has 0 aliphatic carbocycles. The zero-order valence-electron chi connectivity index (χ0n) is 14.9. The van der Waals surface area contributed by atoms with E-state index in [0.29, 0.717) is 6.54 Å². The number of carbonyl (C=O) groups is 1. The summed E-state index contributed by atoms with van der Waals surface area (Å²) in [6.07, 6.45) is 0.686. The zero-order valence-corrected chi connectivity index (χ0v) is 14.9. The van der Waals surface area contributed by atoms with E-state index >= 15 is 0 Å². The lowest BCUT2D eigenvalue weighted by molar-refractivity contribution is 0.0263. The maximum absolute atomic E-state index is 12.2. The van der Waals surface area contributed by atoms with Crippen LogP contribution in [-0.2, 0) is 4.74 Å². The van der Waals surface area contributed by atoms with Gasteiger partial charge in [0.05, 0.1) is 12.8 Å². The number of benzene rings is 1. The molecule has 5 nitrogen and oxygen atoms in total. The molecule has 0 unspecified atom stereocenters. The van der Waals surface area contributed by atoms with Gasteiger partial charge in [-0.3, -0.25) is 0 Å². The fourth-order valence-electron chi connectivity index (χ4n) is 2.71. The predicted molar refractivity (Wildman–Crippen MR) is 92.4 cm³/mol. The van der Waals surface area contributed by atoms with Gasteiger partial charge in [0.2, 0.25) is 0 Å². The number of hydrogen-bond acceptors (Lipinski definition) is 4. The predicted octanol–water partition coefficient (Wildman–Crippen LogP) is 3.45. The minimum atomic E-state index is -0.455. The summed E-state index contributed by atoms with van der Waals surface area (Å²) in [5.41, 5.74) is 1.81. The number of amides is 1. The normalized spacial score (nSPS) is 16.0. The molecule has 0 bridgehead atoms. The summed E-state index contributed by atoms with van der Waals surface area (Å²) in [7, 11) is 1.70. The second kappa shape index (κ2) is 7.11. The van der Waals surface area contributed by atoms with Gasteiger partial charge in [-0.15, -0.1) is 0 Å². The number of nitrogens with zero attached hydrogens (tertiary/aromatic N) is 2. The van der Waals surface area contributed by atoms with Crippen LogP contribution in [0.3, 0.4) is 0 Å². The van der Waals surface area contributed by atoms with Crippen LogP contribution < -0.4 is 9.64 Å².